The summed E-state index contributed by atoms with van der Waals surface area (Å²) in [5, 5.41) is 0. The minimum Gasteiger partial charge on any atom is -0.462 e. The molecule has 122 valence electrons. The zero-order chi connectivity index (χ0) is 15.9. The molecule has 0 aliphatic carbocycles. The van der Waals surface area contributed by atoms with Crippen molar-refractivity contribution < 1.29 is 19.1 Å². The second-order valence-corrected chi connectivity index (χ2v) is 6.63. The van der Waals surface area contributed by atoms with Crippen molar-refractivity contribution in [2.24, 2.45) is 0 Å². The van der Waals surface area contributed by atoms with Gasteiger partial charge in [0.2, 0.25) is 0 Å². The molecular weight excluding hydrogens is 270 g/mol. The number of carbonyl (C=O) groups excluding carboxylic acids is 2. The van der Waals surface area contributed by atoms with Gasteiger partial charge in [0.1, 0.15) is 6.61 Å². The van der Waals surface area contributed by atoms with Crippen molar-refractivity contribution in [2.45, 2.75) is 77.9 Å². The third-order valence-corrected chi connectivity index (χ3v) is 3.60. The first kappa shape index (κ1) is 17.8. The maximum Gasteiger partial charge on any atom is 0.410 e. The molecule has 0 bridgehead atoms. The number of rotatable bonds is 8. The van der Waals surface area contributed by atoms with Gasteiger partial charge in [-0.3, -0.25) is 9.69 Å². The maximum atomic E-state index is 11.7. The van der Waals surface area contributed by atoms with Crippen molar-refractivity contribution in [3.63, 3.8) is 0 Å². The van der Waals surface area contributed by atoms with Gasteiger partial charge in [-0.25, -0.2) is 4.79 Å². The van der Waals surface area contributed by atoms with Crippen molar-refractivity contribution in [2.75, 3.05) is 13.2 Å². The molecule has 0 aromatic carbocycles. The molecule has 1 aliphatic heterocycles. The highest BCUT2D eigenvalue weighted by Crippen LogP contribution is 2.22. The van der Waals surface area contributed by atoms with Crippen LogP contribution in [0.3, 0.4) is 0 Å². The van der Waals surface area contributed by atoms with Crippen LogP contribution >= 0.6 is 0 Å². The van der Waals surface area contributed by atoms with E-state index in [1.807, 2.05) is 20.8 Å². The Bertz CT molecular complexity index is 349. The molecule has 0 aromatic heterocycles. The number of hydrogen-bond donors (Lipinski definition) is 0. The largest absolute Gasteiger partial charge is 0.462 e. The molecule has 0 saturated carbocycles. The first-order valence-corrected chi connectivity index (χ1v) is 7.98. The molecule has 0 aromatic rings. The predicted octanol–water partition coefficient (Wildman–Crippen LogP) is 3.51. The van der Waals surface area contributed by atoms with E-state index in [9.17, 15) is 9.59 Å². The van der Waals surface area contributed by atoms with Crippen LogP contribution in [0.1, 0.15) is 66.2 Å². The number of amides is 1. The van der Waals surface area contributed by atoms with Gasteiger partial charge in [-0.15, -0.1) is 0 Å². The summed E-state index contributed by atoms with van der Waals surface area (Å²) in [4.78, 5) is 25.0. The van der Waals surface area contributed by atoms with Gasteiger partial charge in [-0.1, -0.05) is 32.6 Å². The Hall–Kier alpha value is -1.26. The van der Waals surface area contributed by atoms with Crippen LogP contribution in [-0.4, -0.2) is 41.8 Å². The number of cyclic esters (lactones) is 1. The van der Waals surface area contributed by atoms with Crippen molar-refractivity contribution >= 4 is 12.1 Å². The van der Waals surface area contributed by atoms with Crippen LogP contribution < -0.4 is 0 Å². The van der Waals surface area contributed by atoms with Crippen molar-refractivity contribution in [3.05, 3.63) is 0 Å². The topological polar surface area (TPSA) is 55.8 Å². The standard InChI is InChI=1S/C16H29NO4/c1-5-6-7-8-9-10-14(18)20-12-13-11-17(15(19)21-13)16(2,3)4/h13H,5-12H2,1-4H3. The number of esters is 1. The second-order valence-electron chi connectivity index (χ2n) is 6.63. The first-order valence-electron chi connectivity index (χ1n) is 7.98. The maximum absolute atomic E-state index is 11.7. The highest BCUT2D eigenvalue weighted by atomic mass is 16.6. The Balaban J connectivity index is 2.18. The summed E-state index contributed by atoms with van der Waals surface area (Å²) in [6, 6.07) is 0. The zero-order valence-electron chi connectivity index (χ0n) is 13.8. The van der Waals surface area contributed by atoms with Gasteiger partial charge in [0.15, 0.2) is 6.10 Å². The zero-order valence-corrected chi connectivity index (χ0v) is 13.8. The van der Waals surface area contributed by atoms with Crippen molar-refractivity contribution in [3.8, 4) is 0 Å². The summed E-state index contributed by atoms with van der Waals surface area (Å²) >= 11 is 0. The van der Waals surface area contributed by atoms with Crippen LogP contribution in [0.2, 0.25) is 0 Å². The average molecular weight is 299 g/mol. The smallest absolute Gasteiger partial charge is 0.410 e. The number of ether oxygens (including phenoxy) is 2. The molecule has 0 radical (unpaired) electrons. The Morgan fingerprint density at radius 1 is 1.29 bits per heavy atom. The SMILES string of the molecule is CCCCCCCC(=O)OCC1CN(C(C)(C)C)C(=O)O1. The fourth-order valence-electron chi connectivity index (χ4n) is 2.29. The number of carbonyl (C=O) groups is 2. The molecule has 1 fully saturated rings. The molecule has 1 aliphatic rings. The van der Waals surface area contributed by atoms with E-state index in [1.165, 1.54) is 19.3 Å². The van der Waals surface area contributed by atoms with Gasteiger partial charge in [-0.05, 0) is 27.2 Å². The Morgan fingerprint density at radius 2 is 1.95 bits per heavy atom. The lowest BCUT2D eigenvalue weighted by Gasteiger charge is -2.29. The highest BCUT2D eigenvalue weighted by Gasteiger charge is 2.38. The van der Waals surface area contributed by atoms with Gasteiger partial charge >= 0.3 is 12.1 Å². The lowest BCUT2D eigenvalue weighted by Crippen LogP contribution is -2.42. The van der Waals surface area contributed by atoms with Crippen LogP contribution in [-0.2, 0) is 14.3 Å². The van der Waals surface area contributed by atoms with Crippen LogP contribution in [0.5, 0.6) is 0 Å². The van der Waals surface area contributed by atoms with Crippen LogP contribution in [0.4, 0.5) is 4.79 Å². The molecule has 1 heterocycles. The van der Waals surface area contributed by atoms with Gasteiger partial charge in [0.25, 0.3) is 0 Å². The number of unbranched alkanes of at least 4 members (excludes halogenated alkanes) is 4. The minimum atomic E-state index is -0.347. The van der Waals surface area contributed by atoms with Gasteiger partial charge in [-0.2, -0.15) is 0 Å². The molecule has 1 atom stereocenters. The fourth-order valence-corrected chi connectivity index (χ4v) is 2.29. The molecule has 21 heavy (non-hydrogen) atoms. The molecule has 5 nitrogen and oxygen atoms in total. The molecule has 5 heteroatoms. The molecule has 1 rings (SSSR count). The lowest BCUT2D eigenvalue weighted by molar-refractivity contribution is -0.146. The van der Waals surface area contributed by atoms with E-state index in [0.29, 0.717) is 13.0 Å². The van der Waals surface area contributed by atoms with E-state index >= 15 is 0 Å². The van der Waals surface area contributed by atoms with E-state index < -0.39 is 0 Å². The van der Waals surface area contributed by atoms with Gasteiger partial charge in [0.05, 0.1) is 6.54 Å². The van der Waals surface area contributed by atoms with Crippen molar-refractivity contribution in [1.29, 1.82) is 0 Å². The lowest BCUT2D eigenvalue weighted by atomic mass is 10.1. The van der Waals surface area contributed by atoms with E-state index in [2.05, 4.69) is 6.92 Å². The average Bonchev–Trinajstić information content (AvgIpc) is 2.77. The summed E-state index contributed by atoms with van der Waals surface area (Å²) in [6.07, 6.45) is 5.30. The first-order chi connectivity index (χ1) is 9.84. The molecule has 1 unspecified atom stereocenters. The van der Waals surface area contributed by atoms with E-state index in [1.54, 1.807) is 4.90 Å². The molecular formula is C16H29NO4. The minimum absolute atomic E-state index is 0.159. The second kappa shape index (κ2) is 8.25. The normalized spacial score (nSPS) is 18.8. The summed E-state index contributed by atoms with van der Waals surface area (Å²) in [5.74, 6) is -0.197. The number of hydrogen-bond acceptors (Lipinski definition) is 4. The molecule has 0 N–H and O–H groups in total. The van der Waals surface area contributed by atoms with Crippen molar-refractivity contribution in [1.82, 2.24) is 4.90 Å². The monoisotopic (exact) mass is 299 g/mol. The third-order valence-electron chi connectivity index (χ3n) is 3.60. The van der Waals surface area contributed by atoms with E-state index in [-0.39, 0.29) is 30.3 Å². The van der Waals surface area contributed by atoms with Crippen LogP contribution in [0, 0.1) is 0 Å². The van der Waals surface area contributed by atoms with Crippen LogP contribution in [0.15, 0.2) is 0 Å². The third kappa shape index (κ3) is 6.36. The Morgan fingerprint density at radius 3 is 2.52 bits per heavy atom. The number of nitrogens with zero attached hydrogens (tertiary/aromatic N) is 1. The summed E-state index contributed by atoms with van der Waals surface area (Å²) in [6.45, 7) is 8.67. The van der Waals surface area contributed by atoms with E-state index in [0.717, 1.165) is 12.8 Å². The highest BCUT2D eigenvalue weighted by molar-refractivity contribution is 5.71. The molecule has 1 amide bonds. The summed E-state index contributed by atoms with van der Waals surface area (Å²) in [5.41, 5.74) is -0.269. The Labute approximate surface area is 128 Å². The van der Waals surface area contributed by atoms with Gasteiger partial charge in [0, 0.05) is 12.0 Å². The van der Waals surface area contributed by atoms with Crippen LogP contribution in [0.25, 0.3) is 0 Å². The quantitative estimate of drug-likeness (QED) is 0.508. The molecule has 0 spiro atoms. The molecule has 1 saturated heterocycles. The van der Waals surface area contributed by atoms with E-state index in [4.69, 9.17) is 9.47 Å². The fraction of sp³-hybridized carbons (Fsp3) is 0.875. The predicted molar refractivity (Wildman–Crippen MR) is 81.1 cm³/mol. The Kier molecular flexibility index (Phi) is 6.99. The van der Waals surface area contributed by atoms with Gasteiger partial charge < -0.3 is 9.47 Å². The summed E-state index contributed by atoms with van der Waals surface area (Å²) in [7, 11) is 0. The summed E-state index contributed by atoms with van der Waals surface area (Å²) < 4.78 is 10.4.